The molecule has 1 aromatic carbocycles. The molecule has 0 spiro atoms. The normalized spacial score (nSPS) is 29.6. The van der Waals surface area contributed by atoms with Gasteiger partial charge in [-0.25, -0.2) is 0 Å². The number of rotatable bonds is 2. The summed E-state index contributed by atoms with van der Waals surface area (Å²) in [7, 11) is 0. The van der Waals surface area contributed by atoms with Gasteiger partial charge in [0.25, 0.3) is 0 Å². The molecule has 2 unspecified atom stereocenters. The molecule has 2 aliphatic rings. The van der Waals surface area contributed by atoms with Gasteiger partial charge >= 0.3 is 0 Å². The highest BCUT2D eigenvalue weighted by Crippen LogP contribution is 2.25. The van der Waals surface area contributed by atoms with Gasteiger partial charge in [-0.1, -0.05) is 24.3 Å². The van der Waals surface area contributed by atoms with Crippen LogP contribution in [-0.4, -0.2) is 31.2 Å². The third kappa shape index (κ3) is 2.72. The largest absolute Gasteiger partial charge is 0.379 e. The molecule has 108 valence electrons. The van der Waals surface area contributed by atoms with Crippen molar-refractivity contribution in [3.63, 3.8) is 0 Å². The van der Waals surface area contributed by atoms with Crippen LogP contribution in [0.1, 0.15) is 36.9 Å². The maximum Gasteiger partial charge on any atom is 0.242 e. The number of carbonyl (C=O) groups excluding carboxylic acids is 1. The molecule has 0 saturated carbocycles. The van der Waals surface area contributed by atoms with Gasteiger partial charge < -0.3 is 15.4 Å². The summed E-state index contributed by atoms with van der Waals surface area (Å²) in [6.07, 6.45) is 2.97. The summed E-state index contributed by atoms with van der Waals surface area (Å²) in [5.41, 5.74) is 2.15. The Morgan fingerprint density at radius 2 is 2.30 bits per heavy atom. The molecule has 1 aromatic rings. The third-order valence-electron chi connectivity index (χ3n) is 4.23. The van der Waals surface area contributed by atoms with Crippen LogP contribution in [0.4, 0.5) is 0 Å². The van der Waals surface area contributed by atoms with Gasteiger partial charge in [-0.2, -0.15) is 0 Å². The molecule has 2 N–H and O–H groups in total. The molecule has 2 heterocycles. The van der Waals surface area contributed by atoms with E-state index in [0.29, 0.717) is 6.61 Å². The highest BCUT2D eigenvalue weighted by Gasteiger charge is 2.33. The Kier molecular flexibility index (Phi) is 3.76. The van der Waals surface area contributed by atoms with Crippen molar-refractivity contribution in [3.8, 4) is 0 Å². The summed E-state index contributed by atoms with van der Waals surface area (Å²) in [4.78, 5) is 12.6. The van der Waals surface area contributed by atoms with Crippen LogP contribution in [0.2, 0.25) is 0 Å². The van der Waals surface area contributed by atoms with Gasteiger partial charge in [0.05, 0.1) is 12.1 Å². The zero-order chi connectivity index (χ0) is 14.0. The van der Waals surface area contributed by atoms with E-state index >= 15 is 0 Å². The van der Waals surface area contributed by atoms with Crippen LogP contribution >= 0.6 is 0 Å². The summed E-state index contributed by atoms with van der Waals surface area (Å²) >= 11 is 0. The second-order valence-electron chi connectivity index (χ2n) is 6.04. The smallest absolute Gasteiger partial charge is 0.242 e. The lowest BCUT2D eigenvalue weighted by molar-refractivity contribution is -0.127. The highest BCUT2D eigenvalue weighted by atomic mass is 16.5. The topological polar surface area (TPSA) is 50.4 Å². The Bertz CT molecular complexity index is 495. The lowest BCUT2D eigenvalue weighted by Crippen LogP contribution is -2.55. The van der Waals surface area contributed by atoms with Crippen LogP contribution in [0.5, 0.6) is 0 Å². The molecule has 0 radical (unpaired) electrons. The van der Waals surface area contributed by atoms with Crippen LogP contribution in [0.3, 0.4) is 0 Å². The van der Waals surface area contributed by atoms with E-state index in [1.54, 1.807) is 0 Å². The number of hydrogen-bond acceptors (Lipinski definition) is 3. The summed E-state index contributed by atoms with van der Waals surface area (Å²) in [5, 5.41) is 6.51. The molecular weight excluding hydrogens is 252 g/mol. The van der Waals surface area contributed by atoms with Crippen LogP contribution in [0.15, 0.2) is 24.3 Å². The van der Waals surface area contributed by atoms with Gasteiger partial charge in [-0.05, 0) is 37.3 Å². The quantitative estimate of drug-likeness (QED) is 0.860. The lowest BCUT2D eigenvalue weighted by Gasteiger charge is -2.36. The Hall–Kier alpha value is -1.39. The Labute approximate surface area is 119 Å². The fourth-order valence-corrected chi connectivity index (χ4v) is 3.14. The first-order chi connectivity index (χ1) is 9.68. The van der Waals surface area contributed by atoms with Crippen LogP contribution in [0, 0.1) is 0 Å². The average Bonchev–Trinajstić information content (AvgIpc) is 2.47. The molecule has 1 fully saturated rings. The van der Waals surface area contributed by atoms with E-state index in [0.717, 1.165) is 38.0 Å². The molecule has 0 bridgehead atoms. The molecule has 1 amide bonds. The minimum atomic E-state index is -0.237. The Morgan fingerprint density at radius 3 is 3.10 bits per heavy atom. The van der Waals surface area contributed by atoms with Crippen molar-refractivity contribution >= 4 is 5.91 Å². The van der Waals surface area contributed by atoms with Crippen molar-refractivity contribution in [2.24, 2.45) is 0 Å². The van der Waals surface area contributed by atoms with Crippen molar-refractivity contribution < 1.29 is 9.53 Å². The summed E-state index contributed by atoms with van der Waals surface area (Å²) < 4.78 is 5.51. The minimum Gasteiger partial charge on any atom is -0.379 e. The van der Waals surface area contributed by atoms with Crippen molar-refractivity contribution in [2.45, 2.75) is 37.8 Å². The van der Waals surface area contributed by atoms with Gasteiger partial charge in [0, 0.05) is 13.2 Å². The SMILES string of the molecule is CC1(NC(=O)C2NCCc3ccccc32)CCCOC1. The minimum absolute atomic E-state index is 0.0603. The van der Waals surface area contributed by atoms with Gasteiger partial charge in [0.15, 0.2) is 0 Å². The molecule has 0 aromatic heterocycles. The van der Waals surface area contributed by atoms with Crippen molar-refractivity contribution in [1.29, 1.82) is 0 Å². The fraction of sp³-hybridized carbons (Fsp3) is 0.562. The van der Waals surface area contributed by atoms with E-state index in [4.69, 9.17) is 4.74 Å². The average molecular weight is 274 g/mol. The maximum absolute atomic E-state index is 12.6. The number of hydrogen-bond donors (Lipinski definition) is 2. The van der Waals surface area contributed by atoms with Gasteiger partial charge in [0.1, 0.15) is 6.04 Å². The van der Waals surface area contributed by atoms with E-state index in [2.05, 4.69) is 23.6 Å². The summed E-state index contributed by atoms with van der Waals surface area (Å²) in [6.45, 7) is 4.32. The zero-order valence-electron chi connectivity index (χ0n) is 11.9. The number of carbonyl (C=O) groups is 1. The molecule has 3 rings (SSSR count). The second-order valence-corrected chi connectivity index (χ2v) is 6.04. The van der Waals surface area contributed by atoms with E-state index in [9.17, 15) is 4.79 Å². The van der Waals surface area contributed by atoms with Crippen LogP contribution in [0.25, 0.3) is 0 Å². The maximum atomic E-state index is 12.6. The molecule has 20 heavy (non-hydrogen) atoms. The highest BCUT2D eigenvalue weighted by molar-refractivity contribution is 5.84. The second kappa shape index (κ2) is 5.54. The van der Waals surface area contributed by atoms with Crippen molar-refractivity contribution in [2.75, 3.05) is 19.8 Å². The van der Waals surface area contributed by atoms with Gasteiger partial charge in [0.2, 0.25) is 5.91 Å². The first-order valence-electron chi connectivity index (χ1n) is 7.39. The molecular formula is C16H22N2O2. The molecule has 2 aliphatic heterocycles. The van der Waals surface area contributed by atoms with E-state index in [-0.39, 0.29) is 17.5 Å². The number of fused-ring (bicyclic) bond motifs is 1. The standard InChI is InChI=1S/C16H22N2O2/c1-16(8-4-10-20-11-16)18-15(19)14-13-6-3-2-5-12(13)7-9-17-14/h2-3,5-6,14,17H,4,7-11H2,1H3,(H,18,19). The number of nitrogens with one attached hydrogen (secondary N) is 2. The van der Waals surface area contributed by atoms with Crippen molar-refractivity contribution in [1.82, 2.24) is 10.6 Å². The van der Waals surface area contributed by atoms with Gasteiger partial charge in [-0.3, -0.25) is 4.79 Å². The fourth-order valence-electron chi connectivity index (χ4n) is 3.14. The molecule has 2 atom stereocenters. The predicted molar refractivity (Wildman–Crippen MR) is 77.5 cm³/mol. The van der Waals surface area contributed by atoms with Crippen LogP contribution < -0.4 is 10.6 Å². The first-order valence-corrected chi connectivity index (χ1v) is 7.39. The predicted octanol–water partition coefficient (Wildman–Crippen LogP) is 1.56. The summed E-state index contributed by atoms with van der Waals surface area (Å²) in [5.74, 6) is 0.0603. The zero-order valence-corrected chi connectivity index (χ0v) is 11.9. The Morgan fingerprint density at radius 1 is 1.45 bits per heavy atom. The Balaban J connectivity index is 1.75. The molecule has 4 nitrogen and oxygen atoms in total. The molecule has 1 saturated heterocycles. The van der Waals surface area contributed by atoms with E-state index in [1.807, 2.05) is 18.2 Å². The van der Waals surface area contributed by atoms with Crippen molar-refractivity contribution in [3.05, 3.63) is 35.4 Å². The van der Waals surface area contributed by atoms with Crippen LogP contribution in [-0.2, 0) is 16.0 Å². The first kappa shape index (κ1) is 13.6. The van der Waals surface area contributed by atoms with E-state index in [1.165, 1.54) is 5.56 Å². The van der Waals surface area contributed by atoms with E-state index < -0.39 is 0 Å². The summed E-state index contributed by atoms with van der Waals surface area (Å²) in [6, 6.07) is 7.96. The number of ether oxygens (including phenoxy) is 1. The monoisotopic (exact) mass is 274 g/mol. The lowest BCUT2D eigenvalue weighted by atomic mass is 9.91. The molecule has 4 heteroatoms. The third-order valence-corrected chi connectivity index (χ3v) is 4.23. The van der Waals surface area contributed by atoms with Gasteiger partial charge in [-0.15, -0.1) is 0 Å². The molecule has 0 aliphatic carbocycles. The number of benzene rings is 1. The number of amides is 1.